The summed E-state index contributed by atoms with van der Waals surface area (Å²) in [5.41, 5.74) is 0.384. The largest absolute Gasteiger partial charge is 0.466 e. The monoisotopic (exact) mass is 327 g/mol. The van der Waals surface area contributed by atoms with Gasteiger partial charge >= 0.3 is 5.97 Å². The maximum atomic E-state index is 13.1. The van der Waals surface area contributed by atoms with E-state index in [0.29, 0.717) is 31.7 Å². The summed E-state index contributed by atoms with van der Waals surface area (Å²) in [7, 11) is 0. The highest BCUT2D eigenvalue weighted by Crippen LogP contribution is 2.23. The Hall–Kier alpha value is -1.62. The number of carbonyl (C=O) groups excluding carboxylic acids is 2. The molecule has 1 aliphatic rings. The molecule has 1 fully saturated rings. The molecule has 1 saturated heterocycles. The lowest BCUT2D eigenvalue weighted by molar-refractivity contribution is -0.144. The Kier molecular flexibility index (Phi) is 5.77. The maximum absolute atomic E-state index is 13.1. The zero-order valence-corrected chi connectivity index (χ0v) is 13.2. The fourth-order valence-corrected chi connectivity index (χ4v) is 2.79. The van der Waals surface area contributed by atoms with Crippen LogP contribution in [0.5, 0.6) is 0 Å². The molecule has 1 aromatic rings. The lowest BCUT2D eigenvalue weighted by atomic mass is 9.93. The number of ether oxygens (including phenoxy) is 1. The minimum atomic E-state index is -0.536. The number of carbonyl (C=O) groups is 2. The van der Waals surface area contributed by atoms with Gasteiger partial charge in [0.05, 0.1) is 11.6 Å². The van der Waals surface area contributed by atoms with E-state index in [1.165, 1.54) is 18.2 Å². The molecule has 1 aliphatic heterocycles. The Morgan fingerprint density at radius 2 is 2.05 bits per heavy atom. The van der Waals surface area contributed by atoms with Crippen molar-refractivity contribution in [3.8, 4) is 0 Å². The quantitative estimate of drug-likeness (QED) is 0.797. The van der Waals surface area contributed by atoms with Gasteiger partial charge in [-0.3, -0.25) is 9.59 Å². The van der Waals surface area contributed by atoms with Gasteiger partial charge in [-0.05, 0) is 43.9 Å². The van der Waals surface area contributed by atoms with Crippen molar-refractivity contribution in [3.63, 3.8) is 0 Å². The smallest absolute Gasteiger partial charge is 0.306 e. The second kappa shape index (κ2) is 7.58. The third-order valence-corrected chi connectivity index (χ3v) is 4.12. The lowest BCUT2D eigenvalue weighted by Gasteiger charge is -2.31. The first-order valence-electron chi connectivity index (χ1n) is 7.41. The fraction of sp³-hybridized carbons (Fsp3) is 0.500. The Morgan fingerprint density at radius 1 is 1.36 bits per heavy atom. The average molecular weight is 328 g/mol. The summed E-state index contributed by atoms with van der Waals surface area (Å²) in [6.45, 7) is 3.34. The highest BCUT2D eigenvalue weighted by atomic mass is 35.5. The molecule has 0 atom stereocenters. The maximum Gasteiger partial charge on any atom is 0.306 e. The topological polar surface area (TPSA) is 46.6 Å². The van der Waals surface area contributed by atoms with Gasteiger partial charge in [-0.25, -0.2) is 4.39 Å². The summed E-state index contributed by atoms with van der Waals surface area (Å²) in [5, 5.41) is -0.0527. The summed E-state index contributed by atoms with van der Waals surface area (Å²) in [4.78, 5) is 25.5. The predicted molar refractivity (Wildman–Crippen MR) is 81.3 cm³/mol. The summed E-state index contributed by atoms with van der Waals surface area (Å²) >= 11 is 5.71. The fourth-order valence-electron chi connectivity index (χ4n) is 2.61. The molecular weight excluding hydrogens is 309 g/mol. The second-order valence-corrected chi connectivity index (χ2v) is 5.78. The second-order valence-electron chi connectivity index (χ2n) is 5.37. The number of hydrogen-bond donors (Lipinski definition) is 0. The molecule has 22 heavy (non-hydrogen) atoms. The molecule has 0 bridgehead atoms. The van der Waals surface area contributed by atoms with Crippen LogP contribution in [0.15, 0.2) is 18.2 Å². The molecule has 0 saturated carbocycles. The van der Waals surface area contributed by atoms with Crippen LogP contribution in [-0.2, 0) is 9.53 Å². The van der Waals surface area contributed by atoms with E-state index in [2.05, 4.69) is 0 Å². The number of likely N-dealkylation sites (tertiary alicyclic amines) is 1. The van der Waals surface area contributed by atoms with E-state index in [9.17, 15) is 14.0 Å². The van der Waals surface area contributed by atoms with Crippen molar-refractivity contribution in [3.05, 3.63) is 34.6 Å². The minimum absolute atomic E-state index is 0.0527. The lowest BCUT2D eigenvalue weighted by Crippen LogP contribution is -2.39. The molecule has 1 aromatic carbocycles. The van der Waals surface area contributed by atoms with Crippen LogP contribution in [0.2, 0.25) is 5.02 Å². The molecule has 120 valence electrons. The van der Waals surface area contributed by atoms with Gasteiger partial charge in [0.1, 0.15) is 5.82 Å². The van der Waals surface area contributed by atoms with Gasteiger partial charge in [0, 0.05) is 25.1 Å². The third kappa shape index (κ3) is 4.19. The van der Waals surface area contributed by atoms with Crippen LogP contribution in [0, 0.1) is 11.7 Å². The van der Waals surface area contributed by atoms with Crippen LogP contribution in [0.1, 0.15) is 36.5 Å². The van der Waals surface area contributed by atoms with E-state index in [1.807, 2.05) is 0 Å². The SMILES string of the molecule is CCOC(=O)CC1CCN(C(=O)c2ccc(F)c(Cl)c2)CC1. The first-order valence-corrected chi connectivity index (χ1v) is 7.79. The molecule has 0 N–H and O–H groups in total. The molecule has 1 heterocycles. The number of hydrogen-bond acceptors (Lipinski definition) is 3. The first kappa shape index (κ1) is 16.7. The van der Waals surface area contributed by atoms with Crippen LogP contribution in [0.3, 0.4) is 0 Å². The average Bonchev–Trinajstić information content (AvgIpc) is 2.50. The number of piperidine rings is 1. The van der Waals surface area contributed by atoms with Crippen molar-refractivity contribution >= 4 is 23.5 Å². The normalized spacial score (nSPS) is 15.7. The molecule has 0 radical (unpaired) electrons. The van der Waals surface area contributed by atoms with E-state index in [4.69, 9.17) is 16.3 Å². The first-order chi connectivity index (χ1) is 10.5. The van der Waals surface area contributed by atoms with Gasteiger partial charge in [0.25, 0.3) is 5.91 Å². The number of benzene rings is 1. The highest BCUT2D eigenvalue weighted by molar-refractivity contribution is 6.31. The standard InChI is InChI=1S/C16H19ClFNO3/c1-2-22-15(20)9-11-5-7-19(8-6-11)16(21)12-3-4-14(18)13(17)10-12/h3-4,10-11H,2,5-9H2,1H3. The zero-order valence-electron chi connectivity index (χ0n) is 12.5. The van der Waals surface area contributed by atoms with E-state index in [-0.39, 0.29) is 22.8 Å². The van der Waals surface area contributed by atoms with E-state index >= 15 is 0 Å². The van der Waals surface area contributed by atoms with Crippen LogP contribution in [-0.4, -0.2) is 36.5 Å². The van der Waals surface area contributed by atoms with Gasteiger partial charge < -0.3 is 9.64 Å². The number of nitrogens with zero attached hydrogens (tertiary/aromatic N) is 1. The third-order valence-electron chi connectivity index (χ3n) is 3.83. The highest BCUT2D eigenvalue weighted by Gasteiger charge is 2.25. The zero-order chi connectivity index (χ0) is 16.1. The van der Waals surface area contributed by atoms with Gasteiger partial charge in [0.15, 0.2) is 0 Å². The Balaban J connectivity index is 1.89. The van der Waals surface area contributed by atoms with E-state index in [0.717, 1.165) is 12.8 Å². The van der Waals surface area contributed by atoms with Crippen LogP contribution >= 0.6 is 11.6 Å². The summed E-state index contributed by atoms with van der Waals surface area (Å²) < 4.78 is 18.1. The van der Waals surface area contributed by atoms with Gasteiger partial charge in [-0.1, -0.05) is 11.6 Å². The van der Waals surface area contributed by atoms with Crippen molar-refractivity contribution < 1.29 is 18.7 Å². The predicted octanol–water partition coefficient (Wildman–Crippen LogP) is 3.28. The Labute approximate surface area is 134 Å². The molecule has 6 heteroatoms. The van der Waals surface area contributed by atoms with Gasteiger partial charge in [-0.2, -0.15) is 0 Å². The molecule has 0 aliphatic carbocycles. The van der Waals surface area contributed by atoms with E-state index < -0.39 is 5.82 Å². The Bertz CT molecular complexity index is 556. The molecule has 0 spiro atoms. The molecule has 1 amide bonds. The van der Waals surface area contributed by atoms with E-state index in [1.54, 1.807) is 11.8 Å². The minimum Gasteiger partial charge on any atom is -0.466 e. The van der Waals surface area contributed by atoms with Crippen molar-refractivity contribution in [2.45, 2.75) is 26.2 Å². The van der Waals surface area contributed by atoms with Gasteiger partial charge in [0.2, 0.25) is 0 Å². The van der Waals surface area contributed by atoms with Crippen LogP contribution < -0.4 is 0 Å². The number of halogens is 2. The number of amides is 1. The van der Waals surface area contributed by atoms with Gasteiger partial charge in [-0.15, -0.1) is 0 Å². The van der Waals surface area contributed by atoms with Crippen molar-refractivity contribution in [1.82, 2.24) is 4.90 Å². The van der Waals surface area contributed by atoms with Crippen LogP contribution in [0.25, 0.3) is 0 Å². The molecule has 0 unspecified atom stereocenters. The van der Waals surface area contributed by atoms with Crippen LogP contribution in [0.4, 0.5) is 4.39 Å². The summed E-state index contributed by atoms with van der Waals surface area (Å²) in [5.74, 6) is -0.625. The summed E-state index contributed by atoms with van der Waals surface area (Å²) in [6.07, 6.45) is 1.93. The van der Waals surface area contributed by atoms with Crippen molar-refractivity contribution in [1.29, 1.82) is 0 Å². The number of rotatable bonds is 4. The molecule has 2 rings (SSSR count). The molecular formula is C16H19ClFNO3. The van der Waals surface area contributed by atoms with Crippen molar-refractivity contribution in [2.24, 2.45) is 5.92 Å². The number of esters is 1. The van der Waals surface area contributed by atoms with Crippen molar-refractivity contribution in [2.75, 3.05) is 19.7 Å². The summed E-state index contributed by atoms with van der Waals surface area (Å²) in [6, 6.07) is 3.99. The molecule has 4 nitrogen and oxygen atoms in total. The Morgan fingerprint density at radius 3 is 2.64 bits per heavy atom. The molecule has 0 aromatic heterocycles.